The van der Waals surface area contributed by atoms with E-state index >= 15 is 0 Å². The smallest absolute Gasteiger partial charge is 0.213 e. The van der Waals surface area contributed by atoms with Crippen LogP contribution in [0.2, 0.25) is 0 Å². The van der Waals surface area contributed by atoms with Gasteiger partial charge in [0.1, 0.15) is 11.6 Å². The summed E-state index contributed by atoms with van der Waals surface area (Å²) in [6, 6.07) is 0. The van der Waals surface area contributed by atoms with E-state index in [9.17, 15) is 0 Å². The van der Waals surface area contributed by atoms with Crippen molar-refractivity contribution in [1.29, 1.82) is 0 Å². The Labute approximate surface area is 124 Å². The standard InChI is InChI=1S/C14H22N4OS/c1-9(2)6-11-17-13(20-18-11)16-8-12-15-7-10(19-12)14(3,4)5/h7,9H,6,8H2,1-5H3,(H,16,17,18). The van der Waals surface area contributed by atoms with Crippen LogP contribution in [-0.4, -0.2) is 14.3 Å². The molecule has 0 spiro atoms. The van der Waals surface area contributed by atoms with Crippen LogP contribution in [0.3, 0.4) is 0 Å². The van der Waals surface area contributed by atoms with Crippen LogP contribution in [0, 0.1) is 5.92 Å². The molecule has 110 valence electrons. The maximum Gasteiger partial charge on any atom is 0.213 e. The van der Waals surface area contributed by atoms with Gasteiger partial charge in [-0.15, -0.1) is 0 Å². The lowest BCUT2D eigenvalue weighted by Crippen LogP contribution is -2.09. The van der Waals surface area contributed by atoms with Gasteiger partial charge in [0.25, 0.3) is 0 Å². The monoisotopic (exact) mass is 294 g/mol. The summed E-state index contributed by atoms with van der Waals surface area (Å²) in [4.78, 5) is 8.73. The normalized spacial score (nSPS) is 12.1. The Kier molecular flexibility index (Phi) is 4.42. The number of oxazole rings is 1. The van der Waals surface area contributed by atoms with Gasteiger partial charge in [-0.1, -0.05) is 34.6 Å². The Balaban J connectivity index is 1.92. The first-order valence-electron chi connectivity index (χ1n) is 6.86. The van der Waals surface area contributed by atoms with Gasteiger partial charge in [0, 0.05) is 23.4 Å². The second kappa shape index (κ2) is 5.91. The van der Waals surface area contributed by atoms with Crippen LogP contribution in [-0.2, 0) is 18.4 Å². The molecule has 0 saturated carbocycles. The van der Waals surface area contributed by atoms with Crippen molar-refractivity contribution in [2.24, 2.45) is 5.92 Å². The first kappa shape index (κ1) is 15.0. The van der Waals surface area contributed by atoms with Gasteiger partial charge < -0.3 is 9.73 Å². The molecular formula is C14H22N4OS. The number of rotatable bonds is 5. The fourth-order valence-electron chi connectivity index (χ4n) is 1.66. The highest BCUT2D eigenvalue weighted by atomic mass is 32.1. The van der Waals surface area contributed by atoms with E-state index in [1.165, 1.54) is 11.5 Å². The van der Waals surface area contributed by atoms with E-state index in [0.29, 0.717) is 18.4 Å². The van der Waals surface area contributed by atoms with Crippen LogP contribution < -0.4 is 5.32 Å². The van der Waals surface area contributed by atoms with Crippen molar-refractivity contribution in [2.45, 2.75) is 53.0 Å². The summed E-state index contributed by atoms with van der Waals surface area (Å²) >= 11 is 1.38. The maximum absolute atomic E-state index is 5.72. The van der Waals surface area contributed by atoms with E-state index in [1.54, 1.807) is 6.20 Å². The van der Waals surface area contributed by atoms with Crippen molar-refractivity contribution in [3.05, 3.63) is 23.7 Å². The van der Waals surface area contributed by atoms with Crippen molar-refractivity contribution in [2.75, 3.05) is 5.32 Å². The van der Waals surface area contributed by atoms with Crippen LogP contribution in [0.15, 0.2) is 10.6 Å². The summed E-state index contributed by atoms with van der Waals surface area (Å²) < 4.78 is 10.1. The lowest BCUT2D eigenvalue weighted by molar-refractivity contribution is 0.385. The molecule has 5 nitrogen and oxygen atoms in total. The third-order valence-electron chi connectivity index (χ3n) is 2.74. The van der Waals surface area contributed by atoms with Crippen LogP contribution in [0.4, 0.5) is 5.13 Å². The largest absolute Gasteiger partial charge is 0.443 e. The Morgan fingerprint density at radius 2 is 2.10 bits per heavy atom. The lowest BCUT2D eigenvalue weighted by Gasteiger charge is -2.13. The maximum atomic E-state index is 5.72. The molecule has 0 amide bonds. The molecule has 20 heavy (non-hydrogen) atoms. The Bertz CT molecular complexity index is 554. The van der Waals surface area contributed by atoms with Crippen LogP contribution >= 0.6 is 11.5 Å². The minimum absolute atomic E-state index is 0.0155. The van der Waals surface area contributed by atoms with Crippen molar-refractivity contribution in [3.63, 3.8) is 0 Å². The molecular weight excluding hydrogens is 272 g/mol. The molecule has 0 saturated heterocycles. The zero-order valence-electron chi connectivity index (χ0n) is 12.7. The Hall–Kier alpha value is -1.43. The predicted molar refractivity (Wildman–Crippen MR) is 81.0 cm³/mol. The zero-order valence-corrected chi connectivity index (χ0v) is 13.5. The summed E-state index contributed by atoms with van der Waals surface area (Å²) in [6.07, 6.45) is 2.70. The highest BCUT2D eigenvalue weighted by Gasteiger charge is 2.19. The highest BCUT2D eigenvalue weighted by molar-refractivity contribution is 7.09. The van der Waals surface area contributed by atoms with E-state index in [-0.39, 0.29) is 5.41 Å². The number of hydrogen-bond acceptors (Lipinski definition) is 6. The molecule has 1 N–H and O–H groups in total. The first-order valence-corrected chi connectivity index (χ1v) is 7.63. The van der Waals surface area contributed by atoms with Gasteiger partial charge in [0.05, 0.1) is 12.7 Å². The van der Waals surface area contributed by atoms with Gasteiger partial charge in [-0.25, -0.2) is 9.97 Å². The van der Waals surface area contributed by atoms with Gasteiger partial charge in [-0.3, -0.25) is 0 Å². The molecule has 0 unspecified atom stereocenters. The third-order valence-corrected chi connectivity index (χ3v) is 3.45. The van der Waals surface area contributed by atoms with Gasteiger partial charge in [0.2, 0.25) is 11.0 Å². The molecule has 0 atom stereocenters. The fraction of sp³-hybridized carbons (Fsp3) is 0.643. The molecule has 2 rings (SSSR count). The molecule has 0 bridgehead atoms. The number of nitrogens with one attached hydrogen (secondary N) is 1. The number of hydrogen-bond donors (Lipinski definition) is 1. The molecule has 2 heterocycles. The number of anilines is 1. The third kappa shape index (κ3) is 4.03. The van der Waals surface area contributed by atoms with E-state index in [0.717, 1.165) is 23.1 Å². The minimum Gasteiger partial charge on any atom is -0.443 e. The van der Waals surface area contributed by atoms with Gasteiger partial charge >= 0.3 is 0 Å². The van der Waals surface area contributed by atoms with Crippen LogP contribution in [0.5, 0.6) is 0 Å². The fourth-order valence-corrected chi connectivity index (χ4v) is 2.25. The van der Waals surface area contributed by atoms with Crippen molar-refractivity contribution >= 4 is 16.7 Å². The minimum atomic E-state index is -0.0155. The van der Waals surface area contributed by atoms with Crippen molar-refractivity contribution in [3.8, 4) is 0 Å². The summed E-state index contributed by atoms with van der Waals surface area (Å²) in [5, 5.41) is 4.02. The second-order valence-corrected chi connectivity index (χ2v) is 7.09. The van der Waals surface area contributed by atoms with E-state index in [1.807, 2.05) is 0 Å². The lowest BCUT2D eigenvalue weighted by atomic mass is 9.94. The summed E-state index contributed by atoms with van der Waals surface area (Å²) in [7, 11) is 0. The predicted octanol–water partition coefficient (Wildman–Crippen LogP) is 3.63. The van der Waals surface area contributed by atoms with Crippen LogP contribution in [0.25, 0.3) is 0 Å². The van der Waals surface area contributed by atoms with E-state index in [2.05, 4.69) is 54.3 Å². The zero-order chi connectivity index (χ0) is 14.8. The molecule has 0 radical (unpaired) electrons. The van der Waals surface area contributed by atoms with Gasteiger partial charge in [-0.05, 0) is 5.92 Å². The Morgan fingerprint density at radius 1 is 1.35 bits per heavy atom. The molecule has 2 aromatic heterocycles. The second-order valence-electron chi connectivity index (χ2n) is 6.34. The van der Waals surface area contributed by atoms with Crippen LogP contribution in [0.1, 0.15) is 52.1 Å². The molecule has 0 aliphatic heterocycles. The molecule has 0 fully saturated rings. The molecule has 0 aromatic carbocycles. The SMILES string of the molecule is CC(C)Cc1nsc(NCc2ncc(C(C)(C)C)o2)n1. The van der Waals surface area contributed by atoms with Gasteiger partial charge in [0.15, 0.2) is 0 Å². The summed E-state index contributed by atoms with van der Waals surface area (Å²) in [5.41, 5.74) is -0.0155. The van der Waals surface area contributed by atoms with Crippen molar-refractivity contribution in [1.82, 2.24) is 14.3 Å². The quantitative estimate of drug-likeness (QED) is 0.912. The first-order chi connectivity index (χ1) is 9.34. The molecule has 0 aliphatic rings. The summed E-state index contributed by atoms with van der Waals surface area (Å²) in [5.74, 6) is 3.04. The van der Waals surface area contributed by atoms with E-state index < -0.39 is 0 Å². The highest BCUT2D eigenvalue weighted by Crippen LogP contribution is 2.23. The average Bonchev–Trinajstić information content (AvgIpc) is 2.93. The number of aromatic nitrogens is 3. The average molecular weight is 294 g/mol. The molecule has 2 aromatic rings. The topological polar surface area (TPSA) is 63.8 Å². The molecule has 0 aliphatic carbocycles. The van der Waals surface area contributed by atoms with Crippen molar-refractivity contribution < 1.29 is 4.42 Å². The summed E-state index contributed by atoms with van der Waals surface area (Å²) in [6.45, 7) is 11.2. The van der Waals surface area contributed by atoms with Gasteiger partial charge in [-0.2, -0.15) is 4.37 Å². The Morgan fingerprint density at radius 3 is 2.70 bits per heavy atom. The van der Waals surface area contributed by atoms with E-state index in [4.69, 9.17) is 4.42 Å². The molecule has 6 heteroatoms. The number of nitrogens with zero attached hydrogens (tertiary/aromatic N) is 3.